The maximum Gasteiger partial charge on any atom is 0.414 e. The quantitative estimate of drug-likeness (QED) is 0.896. The molecule has 0 spiro atoms. The van der Waals surface area contributed by atoms with Crippen molar-refractivity contribution in [3.63, 3.8) is 0 Å². The van der Waals surface area contributed by atoms with Crippen LogP contribution in [0.2, 0.25) is 0 Å². The predicted molar refractivity (Wildman–Crippen MR) is 67.8 cm³/mol. The second kappa shape index (κ2) is 7.74. The number of halogens is 3. The summed E-state index contributed by atoms with van der Waals surface area (Å²) in [5, 5.41) is 10.4. The van der Waals surface area contributed by atoms with Crippen molar-refractivity contribution in [2.45, 2.75) is 22.7 Å². The highest BCUT2D eigenvalue weighted by atomic mass is 32.2. The van der Waals surface area contributed by atoms with E-state index < -0.39 is 11.7 Å². The van der Waals surface area contributed by atoms with E-state index in [0.717, 1.165) is 26.6 Å². The molecule has 2 N–H and O–H groups in total. The van der Waals surface area contributed by atoms with Crippen LogP contribution in [0.5, 0.6) is 0 Å². The van der Waals surface area contributed by atoms with Gasteiger partial charge in [0.2, 0.25) is 0 Å². The smallest absolute Gasteiger partial charge is 0.400 e. The molecule has 108 valence electrons. The molecular formula is C12H16F3NO2S. The lowest BCUT2D eigenvalue weighted by atomic mass is 10.2. The minimum Gasteiger partial charge on any atom is -0.400 e. The summed E-state index contributed by atoms with van der Waals surface area (Å²) in [6.45, 7) is 1.66. The topological polar surface area (TPSA) is 41.5 Å². The van der Waals surface area contributed by atoms with Crippen LogP contribution in [0.3, 0.4) is 0 Å². The zero-order chi connectivity index (χ0) is 14.3. The summed E-state index contributed by atoms with van der Waals surface area (Å²) in [7, 11) is 1.00. The molecule has 0 saturated carbocycles. The molecule has 0 aliphatic carbocycles. The number of aliphatic hydroxyl groups excluding tert-OH is 1. The van der Waals surface area contributed by atoms with Crippen molar-refractivity contribution in [1.82, 2.24) is 5.32 Å². The largest absolute Gasteiger partial charge is 0.414 e. The second-order valence-electron chi connectivity index (χ2n) is 3.82. The maximum absolute atomic E-state index is 13.2. The summed E-state index contributed by atoms with van der Waals surface area (Å²) in [5.74, 6) is 0. The van der Waals surface area contributed by atoms with Gasteiger partial charge in [-0.1, -0.05) is 12.1 Å². The van der Waals surface area contributed by atoms with Gasteiger partial charge in [-0.15, -0.1) is 16.7 Å². The summed E-state index contributed by atoms with van der Waals surface area (Å²) in [6.07, 6.45) is -2.96. The van der Waals surface area contributed by atoms with Gasteiger partial charge in [-0.05, 0) is 29.6 Å². The molecule has 1 unspecified atom stereocenters. The number of hydrogen-bond donors (Lipinski definition) is 2. The van der Waals surface area contributed by atoms with Crippen LogP contribution < -0.4 is 5.32 Å². The summed E-state index contributed by atoms with van der Waals surface area (Å²) in [6, 6.07) is 5.84. The van der Waals surface area contributed by atoms with Gasteiger partial charge in [0, 0.05) is 23.8 Å². The summed E-state index contributed by atoms with van der Waals surface area (Å²) >= 11 is 1.33. The molecule has 2 rings (SSSR count). The van der Waals surface area contributed by atoms with Gasteiger partial charge in [0.05, 0.1) is 5.56 Å². The molecule has 0 radical (unpaired) electrons. The fraction of sp³-hybridized carbons (Fsp3) is 0.500. The fourth-order valence-corrected chi connectivity index (χ4v) is 3.03. The minimum atomic E-state index is -3.88. The van der Waals surface area contributed by atoms with Crippen LogP contribution in [0.25, 0.3) is 0 Å². The van der Waals surface area contributed by atoms with Gasteiger partial charge >= 0.3 is 6.11 Å². The molecule has 3 nitrogen and oxygen atoms in total. The first-order valence-electron chi connectivity index (χ1n) is 5.72. The van der Waals surface area contributed by atoms with Crippen molar-refractivity contribution in [3.05, 3.63) is 29.8 Å². The van der Waals surface area contributed by atoms with Crippen molar-refractivity contribution in [1.29, 1.82) is 0 Å². The zero-order valence-electron chi connectivity index (χ0n) is 10.4. The van der Waals surface area contributed by atoms with Crippen LogP contribution in [0, 0.1) is 0 Å². The first kappa shape index (κ1) is 16.3. The molecule has 0 amide bonds. The predicted octanol–water partition coefficient (Wildman–Crippen LogP) is 2.70. The van der Waals surface area contributed by atoms with E-state index in [2.05, 4.69) is 10.3 Å². The molecule has 1 saturated heterocycles. The normalized spacial score (nSPS) is 18.9. The number of thioether (sulfide) groups is 1. The third kappa shape index (κ3) is 4.38. The Morgan fingerprint density at radius 3 is 2.63 bits per heavy atom. The molecule has 0 aromatic heterocycles. The zero-order valence-corrected chi connectivity index (χ0v) is 11.2. The van der Waals surface area contributed by atoms with Crippen molar-refractivity contribution in [2.24, 2.45) is 0 Å². The summed E-state index contributed by atoms with van der Waals surface area (Å²) in [5.41, 5.74) is -0.417. The summed E-state index contributed by atoms with van der Waals surface area (Å²) in [4.78, 5) is 3.13. The number of rotatable bonds is 4. The molecule has 19 heavy (non-hydrogen) atoms. The Labute approximate surface area is 114 Å². The first-order valence-corrected chi connectivity index (χ1v) is 6.60. The molecule has 1 fully saturated rings. The minimum absolute atomic E-state index is 0.242. The van der Waals surface area contributed by atoms with Crippen molar-refractivity contribution >= 4 is 11.8 Å². The van der Waals surface area contributed by atoms with Gasteiger partial charge in [-0.3, -0.25) is 0 Å². The SMILES string of the molecule is CO.FOC(F)(F)c1ccccc1SC1CCNC1. The lowest BCUT2D eigenvalue weighted by Gasteiger charge is -2.16. The molecule has 1 aromatic rings. The van der Waals surface area contributed by atoms with Gasteiger partial charge in [-0.2, -0.15) is 8.78 Å². The van der Waals surface area contributed by atoms with Gasteiger partial charge < -0.3 is 10.4 Å². The van der Waals surface area contributed by atoms with Crippen LogP contribution in [0.4, 0.5) is 13.3 Å². The highest BCUT2D eigenvalue weighted by Crippen LogP contribution is 2.38. The number of alkyl halides is 2. The molecule has 0 bridgehead atoms. The van der Waals surface area contributed by atoms with Crippen LogP contribution >= 0.6 is 11.8 Å². The highest BCUT2D eigenvalue weighted by Gasteiger charge is 2.37. The third-order valence-corrected chi connectivity index (χ3v) is 3.95. The average Bonchev–Trinajstić information content (AvgIpc) is 2.94. The van der Waals surface area contributed by atoms with E-state index in [-0.39, 0.29) is 5.25 Å². The Hall–Kier alpha value is -0.760. The molecular weight excluding hydrogens is 279 g/mol. The monoisotopic (exact) mass is 295 g/mol. The average molecular weight is 295 g/mol. The highest BCUT2D eigenvalue weighted by molar-refractivity contribution is 8.00. The number of hydrogen-bond acceptors (Lipinski definition) is 4. The molecule has 7 heteroatoms. The van der Waals surface area contributed by atoms with E-state index in [4.69, 9.17) is 5.11 Å². The van der Waals surface area contributed by atoms with Crippen LogP contribution in [-0.2, 0) is 11.1 Å². The Balaban J connectivity index is 0.000000861. The first-order chi connectivity index (χ1) is 9.13. The molecule has 1 heterocycles. The number of nitrogens with one attached hydrogen (secondary N) is 1. The number of benzene rings is 1. The Bertz CT molecular complexity index is 387. The van der Waals surface area contributed by atoms with Gasteiger partial charge in [0.1, 0.15) is 0 Å². The van der Waals surface area contributed by atoms with Crippen molar-refractivity contribution < 1.29 is 23.4 Å². The fourth-order valence-electron chi connectivity index (χ4n) is 1.76. The Morgan fingerprint density at radius 1 is 1.37 bits per heavy atom. The van der Waals surface area contributed by atoms with E-state index in [0.29, 0.717) is 4.90 Å². The Kier molecular flexibility index (Phi) is 6.64. The molecule has 1 aromatic carbocycles. The lowest BCUT2D eigenvalue weighted by Crippen LogP contribution is -2.16. The molecule has 1 aliphatic rings. The van der Waals surface area contributed by atoms with Crippen LogP contribution in [-0.4, -0.2) is 30.6 Å². The lowest BCUT2D eigenvalue weighted by molar-refractivity contribution is -0.365. The molecule has 1 aliphatic heterocycles. The van der Waals surface area contributed by atoms with E-state index in [1.807, 2.05) is 0 Å². The molecule has 1 atom stereocenters. The van der Waals surface area contributed by atoms with E-state index in [1.165, 1.54) is 23.9 Å². The summed E-state index contributed by atoms with van der Waals surface area (Å²) < 4.78 is 38.3. The van der Waals surface area contributed by atoms with Gasteiger partial charge in [0.15, 0.2) is 0 Å². The standard InChI is InChI=1S/C11H12F3NOS.CH4O/c12-11(13,16-14)9-3-1-2-4-10(9)17-8-5-6-15-7-8;1-2/h1-4,8,15H,5-7H2;2H,1H3. The number of aliphatic hydroxyl groups is 1. The van der Waals surface area contributed by atoms with E-state index >= 15 is 0 Å². The van der Waals surface area contributed by atoms with Gasteiger partial charge in [0.25, 0.3) is 0 Å². The van der Waals surface area contributed by atoms with Gasteiger partial charge in [-0.25, -0.2) is 0 Å². The van der Waals surface area contributed by atoms with E-state index in [9.17, 15) is 13.3 Å². The Morgan fingerprint density at radius 2 is 2.05 bits per heavy atom. The van der Waals surface area contributed by atoms with Crippen LogP contribution in [0.15, 0.2) is 29.2 Å². The van der Waals surface area contributed by atoms with Crippen molar-refractivity contribution in [3.8, 4) is 0 Å². The van der Waals surface area contributed by atoms with E-state index in [1.54, 1.807) is 12.1 Å². The van der Waals surface area contributed by atoms with Crippen molar-refractivity contribution in [2.75, 3.05) is 20.2 Å². The third-order valence-electron chi connectivity index (χ3n) is 2.61. The second-order valence-corrected chi connectivity index (χ2v) is 5.16. The maximum atomic E-state index is 13.2. The van der Waals surface area contributed by atoms with Crippen LogP contribution in [0.1, 0.15) is 12.0 Å².